The molecule has 33 heavy (non-hydrogen) atoms. The van der Waals surface area contributed by atoms with Gasteiger partial charge in [0.1, 0.15) is 5.82 Å². The van der Waals surface area contributed by atoms with Crippen LogP contribution in [0.15, 0.2) is 78.9 Å². The van der Waals surface area contributed by atoms with Crippen molar-refractivity contribution in [1.82, 2.24) is 14.8 Å². The number of pyridine rings is 1. The summed E-state index contributed by atoms with van der Waals surface area (Å²) in [7, 11) is -3.33. The normalized spacial score (nSPS) is 14.8. The molecule has 1 saturated heterocycles. The standard InChI is InChI=1S/C24H28N4O2S.2ClH/c1-31(29,30)26-23-14-8-13-22(25-23)19-27-15-17-28(18-16-27)24(20-9-4-2-5-10-20)21-11-6-3-7-12-21;;/h2-14,24H,15-19H2,1H3,(H,25,26);2*1H. The van der Waals surface area contributed by atoms with Crippen LogP contribution in [-0.2, 0) is 16.6 Å². The molecule has 1 aromatic heterocycles. The molecule has 2 heterocycles. The number of benzene rings is 2. The van der Waals surface area contributed by atoms with Gasteiger partial charge in [0.15, 0.2) is 0 Å². The maximum atomic E-state index is 11.5. The molecule has 0 saturated carbocycles. The minimum atomic E-state index is -3.33. The second kappa shape index (κ2) is 12.3. The molecule has 3 aromatic rings. The fraction of sp³-hybridized carbons (Fsp3) is 0.292. The van der Waals surface area contributed by atoms with E-state index in [1.165, 1.54) is 11.1 Å². The number of nitrogens with zero attached hydrogens (tertiary/aromatic N) is 3. The van der Waals surface area contributed by atoms with Gasteiger partial charge >= 0.3 is 0 Å². The van der Waals surface area contributed by atoms with E-state index in [4.69, 9.17) is 0 Å². The fourth-order valence-electron chi connectivity index (χ4n) is 4.11. The van der Waals surface area contributed by atoms with Crippen LogP contribution in [0.3, 0.4) is 0 Å². The van der Waals surface area contributed by atoms with Crippen LogP contribution in [0.1, 0.15) is 22.9 Å². The predicted molar refractivity (Wildman–Crippen MR) is 139 cm³/mol. The minimum Gasteiger partial charge on any atom is -0.295 e. The third-order valence-corrected chi connectivity index (χ3v) is 6.06. The summed E-state index contributed by atoms with van der Waals surface area (Å²) in [4.78, 5) is 9.37. The quantitative estimate of drug-likeness (QED) is 0.517. The van der Waals surface area contributed by atoms with E-state index in [0.29, 0.717) is 12.4 Å². The van der Waals surface area contributed by atoms with Gasteiger partial charge in [0, 0.05) is 32.7 Å². The molecule has 1 N–H and O–H groups in total. The Hall–Kier alpha value is -2.16. The molecule has 6 nitrogen and oxygen atoms in total. The van der Waals surface area contributed by atoms with Crippen LogP contribution in [0.25, 0.3) is 0 Å². The number of sulfonamides is 1. The van der Waals surface area contributed by atoms with Gasteiger partial charge in [0.2, 0.25) is 10.0 Å². The molecule has 0 spiro atoms. The SMILES string of the molecule is CS(=O)(=O)Nc1cccc(CN2CCN(C(c3ccccc3)c3ccccc3)CC2)n1.Cl.Cl. The van der Waals surface area contributed by atoms with Crippen molar-refractivity contribution >= 4 is 40.7 Å². The summed E-state index contributed by atoms with van der Waals surface area (Å²) in [5, 5.41) is 0. The summed E-state index contributed by atoms with van der Waals surface area (Å²) < 4.78 is 25.4. The number of hydrogen-bond acceptors (Lipinski definition) is 5. The highest BCUT2D eigenvalue weighted by Gasteiger charge is 2.26. The number of anilines is 1. The van der Waals surface area contributed by atoms with Crippen LogP contribution >= 0.6 is 24.8 Å². The van der Waals surface area contributed by atoms with Crippen molar-refractivity contribution in [3.8, 4) is 0 Å². The summed E-state index contributed by atoms with van der Waals surface area (Å²) in [6.07, 6.45) is 1.14. The van der Waals surface area contributed by atoms with Crippen molar-refractivity contribution in [2.75, 3.05) is 37.2 Å². The number of rotatable bonds is 7. The van der Waals surface area contributed by atoms with Gasteiger partial charge < -0.3 is 0 Å². The fourth-order valence-corrected chi connectivity index (χ4v) is 4.60. The first-order chi connectivity index (χ1) is 15.0. The lowest BCUT2D eigenvalue weighted by Crippen LogP contribution is -2.47. The maximum Gasteiger partial charge on any atom is 0.230 e. The molecule has 9 heteroatoms. The van der Waals surface area contributed by atoms with Crippen LogP contribution in [0.4, 0.5) is 5.82 Å². The summed E-state index contributed by atoms with van der Waals surface area (Å²) >= 11 is 0. The van der Waals surface area contributed by atoms with Gasteiger partial charge in [-0.2, -0.15) is 0 Å². The van der Waals surface area contributed by atoms with Crippen LogP contribution in [0.5, 0.6) is 0 Å². The van der Waals surface area contributed by atoms with E-state index in [0.717, 1.165) is 38.1 Å². The van der Waals surface area contributed by atoms with E-state index in [1.54, 1.807) is 6.07 Å². The lowest BCUT2D eigenvalue weighted by atomic mass is 9.96. The molecular formula is C24H30Cl2N4O2S. The van der Waals surface area contributed by atoms with E-state index in [1.807, 2.05) is 12.1 Å². The molecular weight excluding hydrogens is 479 g/mol. The molecule has 1 fully saturated rings. The highest BCUT2D eigenvalue weighted by molar-refractivity contribution is 7.92. The molecule has 0 unspecified atom stereocenters. The zero-order valence-corrected chi connectivity index (χ0v) is 21.0. The van der Waals surface area contributed by atoms with Crippen molar-refractivity contribution in [2.24, 2.45) is 0 Å². The highest BCUT2D eigenvalue weighted by Crippen LogP contribution is 2.29. The molecule has 0 radical (unpaired) electrons. The van der Waals surface area contributed by atoms with E-state index < -0.39 is 10.0 Å². The van der Waals surface area contributed by atoms with Crippen molar-refractivity contribution in [1.29, 1.82) is 0 Å². The van der Waals surface area contributed by atoms with Crippen LogP contribution in [0.2, 0.25) is 0 Å². The Bertz CT molecular complexity index is 1050. The zero-order valence-electron chi connectivity index (χ0n) is 18.5. The van der Waals surface area contributed by atoms with Crippen molar-refractivity contribution in [3.05, 3.63) is 95.7 Å². The highest BCUT2D eigenvalue weighted by atomic mass is 35.5. The molecule has 1 aliphatic rings. The molecule has 178 valence electrons. The number of piperazine rings is 1. The largest absolute Gasteiger partial charge is 0.295 e. The van der Waals surface area contributed by atoms with Gasteiger partial charge in [-0.25, -0.2) is 13.4 Å². The maximum absolute atomic E-state index is 11.5. The van der Waals surface area contributed by atoms with Crippen LogP contribution < -0.4 is 4.72 Å². The monoisotopic (exact) mass is 508 g/mol. The third-order valence-electron chi connectivity index (χ3n) is 5.48. The predicted octanol–water partition coefficient (Wildman–Crippen LogP) is 4.20. The zero-order chi connectivity index (χ0) is 21.7. The van der Waals surface area contributed by atoms with Crippen LogP contribution in [0, 0.1) is 0 Å². The lowest BCUT2D eigenvalue weighted by Gasteiger charge is -2.39. The number of halogens is 2. The van der Waals surface area contributed by atoms with Gasteiger partial charge in [-0.15, -0.1) is 24.8 Å². The first-order valence-electron chi connectivity index (χ1n) is 10.5. The molecule has 0 atom stereocenters. The van der Waals surface area contributed by atoms with Gasteiger partial charge in [0.05, 0.1) is 18.0 Å². The number of hydrogen-bond donors (Lipinski definition) is 1. The topological polar surface area (TPSA) is 65.5 Å². The van der Waals surface area contributed by atoms with Crippen molar-refractivity contribution in [3.63, 3.8) is 0 Å². The Kier molecular flexibility index (Phi) is 10.1. The minimum absolute atomic E-state index is 0. The second-order valence-electron chi connectivity index (χ2n) is 7.92. The number of nitrogens with one attached hydrogen (secondary N) is 1. The Morgan fingerprint density at radius 1 is 0.818 bits per heavy atom. The summed E-state index contributed by atoms with van der Waals surface area (Å²) in [5.74, 6) is 0.367. The molecule has 2 aromatic carbocycles. The molecule has 0 bridgehead atoms. The Morgan fingerprint density at radius 3 is 1.88 bits per heavy atom. The smallest absolute Gasteiger partial charge is 0.230 e. The van der Waals surface area contributed by atoms with Crippen LogP contribution in [-0.4, -0.2) is 55.6 Å². The molecule has 4 rings (SSSR count). The van der Waals surface area contributed by atoms with Crippen molar-refractivity contribution < 1.29 is 8.42 Å². The van der Waals surface area contributed by atoms with E-state index >= 15 is 0 Å². The second-order valence-corrected chi connectivity index (χ2v) is 9.67. The molecule has 1 aliphatic heterocycles. The summed E-state index contributed by atoms with van der Waals surface area (Å²) in [6, 6.07) is 27.0. The number of aromatic nitrogens is 1. The Labute approximate surface area is 208 Å². The van der Waals surface area contributed by atoms with Gasteiger partial charge in [-0.1, -0.05) is 66.7 Å². The van der Waals surface area contributed by atoms with E-state index in [2.05, 4.69) is 80.2 Å². The summed E-state index contributed by atoms with van der Waals surface area (Å²) in [5.41, 5.74) is 3.48. The van der Waals surface area contributed by atoms with Gasteiger partial charge in [-0.05, 0) is 23.3 Å². The third kappa shape index (κ3) is 7.69. The average Bonchev–Trinajstić information content (AvgIpc) is 2.76. The lowest BCUT2D eigenvalue weighted by molar-refractivity contribution is 0.104. The molecule has 0 amide bonds. The van der Waals surface area contributed by atoms with Gasteiger partial charge in [0.25, 0.3) is 0 Å². The van der Waals surface area contributed by atoms with Crippen molar-refractivity contribution in [2.45, 2.75) is 12.6 Å². The first-order valence-corrected chi connectivity index (χ1v) is 12.4. The Morgan fingerprint density at radius 2 is 1.36 bits per heavy atom. The van der Waals surface area contributed by atoms with E-state index in [9.17, 15) is 8.42 Å². The van der Waals surface area contributed by atoms with Gasteiger partial charge in [-0.3, -0.25) is 14.5 Å². The Balaban J connectivity index is 0.00000193. The summed E-state index contributed by atoms with van der Waals surface area (Å²) in [6.45, 7) is 4.48. The molecule has 0 aliphatic carbocycles. The van der Waals surface area contributed by atoms with E-state index in [-0.39, 0.29) is 30.9 Å². The first kappa shape index (κ1) is 27.1. The average molecular weight is 510 g/mol.